The van der Waals surface area contributed by atoms with E-state index in [1.54, 1.807) is 0 Å². The number of hydrogen-bond donors (Lipinski definition) is 0. The zero-order chi connectivity index (χ0) is 58.5. The summed E-state index contributed by atoms with van der Waals surface area (Å²) < 4.78 is 16.9. The zero-order valence-electron chi connectivity index (χ0n) is 52.5. The summed E-state index contributed by atoms with van der Waals surface area (Å²) in [5.74, 6) is -0.931. The molecule has 6 heteroatoms. The quantitative estimate of drug-likeness (QED) is 0.0261. The van der Waals surface area contributed by atoms with Crippen LogP contribution in [0.5, 0.6) is 0 Å². The van der Waals surface area contributed by atoms with Gasteiger partial charge < -0.3 is 14.2 Å². The highest BCUT2D eigenvalue weighted by molar-refractivity contribution is 5.71. The van der Waals surface area contributed by atoms with Crippen LogP contribution < -0.4 is 0 Å². The average molecular weight is 1120 g/mol. The van der Waals surface area contributed by atoms with Crippen LogP contribution in [0, 0.1) is 0 Å². The standard InChI is InChI=1S/C75H122O6/c1-4-7-10-13-16-19-22-25-28-31-33-35-37-39-41-44-47-50-53-56-59-62-65-68-74(77)80-71-72(70-79-73(76)67-64-61-58-55-52-49-46-43-30-27-24-21-18-15-12-9-6-3)81-75(78)69-66-63-60-57-54-51-48-45-42-40-38-36-34-32-29-26-23-20-17-14-11-8-5-2/h7-8,10-11,16-21,25-30,33-36,39,41,47,50,72H,4-6,9,12-15,22-24,31-32,37-38,40,42-46,48-49,51-71H2,1-3H3/b10-7-,11-8-,19-16-,20-17-,21-18-,28-25-,29-26-,30-27-,35-33-,36-34-,41-39-,50-47-. The number of ether oxygens (including phenoxy) is 3. The summed E-state index contributed by atoms with van der Waals surface area (Å²) in [6.07, 6.45) is 97.0. The van der Waals surface area contributed by atoms with Crippen molar-refractivity contribution >= 4 is 17.9 Å². The van der Waals surface area contributed by atoms with Gasteiger partial charge in [0.2, 0.25) is 0 Å². The number of hydrogen-bond acceptors (Lipinski definition) is 6. The molecule has 0 heterocycles. The Morgan fingerprint density at radius 3 is 0.753 bits per heavy atom. The molecule has 0 radical (unpaired) electrons. The first kappa shape index (κ1) is 76.3. The normalized spacial score (nSPS) is 13.1. The van der Waals surface area contributed by atoms with E-state index in [0.29, 0.717) is 19.3 Å². The molecule has 0 saturated heterocycles. The molecular formula is C75H122O6. The van der Waals surface area contributed by atoms with Crippen molar-refractivity contribution < 1.29 is 28.6 Å². The highest BCUT2D eigenvalue weighted by Crippen LogP contribution is 2.15. The lowest BCUT2D eigenvalue weighted by Crippen LogP contribution is -2.30. The number of esters is 3. The maximum absolute atomic E-state index is 13.0. The minimum absolute atomic E-state index is 0.0966. The van der Waals surface area contributed by atoms with Crippen molar-refractivity contribution in [2.75, 3.05) is 13.2 Å². The molecule has 0 aromatic carbocycles. The summed E-state index contributed by atoms with van der Waals surface area (Å²) in [4.78, 5) is 38.4. The van der Waals surface area contributed by atoms with Gasteiger partial charge in [0.25, 0.3) is 0 Å². The second kappa shape index (κ2) is 67.8. The fourth-order valence-corrected chi connectivity index (χ4v) is 8.88. The van der Waals surface area contributed by atoms with Gasteiger partial charge in [0, 0.05) is 19.3 Å². The van der Waals surface area contributed by atoms with Crippen LogP contribution in [0.1, 0.15) is 290 Å². The van der Waals surface area contributed by atoms with E-state index in [1.165, 1.54) is 103 Å². The third kappa shape index (κ3) is 66.0. The predicted octanol–water partition coefficient (Wildman–Crippen LogP) is 23.1. The summed E-state index contributed by atoms with van der Waals surface area (Å²) in [6.45, 7) is 6.37. The molecule has 0 spiro atoms. The molecule has 0 rings (SSSR count). The van der Waals surface area contributed by atoms with Gasteiger partial charge in [0.1, 0.15) is 13.2 Å². The van der Waals surface area contributed by atoms with Crippen molar-refractivity contribution in [1.29, 1.82) is 0 Å². The summed E-state index contributed by atoms with van der Waals surface area (Å²) in [5, 5.41) is 0. The minimum atomic E-state index is -0.803. The van der Waals surface area contributed by atoms with Crippen LogP contribution in [-0.2, 0) is 28.6 Å². The van der Waals surface area contributed by atoms with Crippen LogP contribution in [-0.4, -0.2) is 37.2 Å². The number of unbranched alkanes of at least 4 members (excludes halogenated alkanes) is 24. The van der Waals surface area contributed by atoms with Gasteiger partial charge in [-0.15, -0.1) is 0 Å². The Kier molecular flexibility index (Phi) is 63.9. The average Bonchev–Trinajstić information content (AvgIpc) is 3.47. The Labute approximate surface area is 499 Å². The second-order valence-electron chi connectivity index (χ2n) is 21.6. The first-order chi connectivity index (χ1) is 40.0. The smallest absolute Gasteiger partial charge is 0.306 e. The van der Waals surface area contributed by atoms with Crippen molar-refractivity contribution in [3.8, 4) is 0 Å². The summed E-state index contributed by atoms with van der Waals surface area (Å²) in [7, 11) is 0. The Hall–Kier alpha value is -4.71. The first-order valence-corrected chi connectivity index (χ1v) is 33.3. The van der Waals surface area contributed by atoms with Gasteiger partial charge in [-0.2, -0.15) is 0 Å². The van der Waals surface area contributed by atoms with Gasteiger partial charge in [-0.25, -0.2) is 0 Å². The van der Waals surface area contributed by atoms with Gasteiger partial charge in [-0.05, 0) is 141 Å². The van der Waals surface area contributed by atoms with Gasteiger partial charge >= 0.3 is 17.9 Å². The van der Waals surface area contributed by atoms with E-state index in [1.807, 2.05) is 0 Å². The SMILES string of the molecule is CC/C=C\C/C=C\C/C=C\C/C=C\C/C=C\C/C=C\CCCCCCC(=O)OCC(COC(=O)CCCCCCCCC/C=C\C/C=C\CCCCC)OC(=O)CCCCCCCCCCCC/C=C\C/C=C\C/C=C\C/C=C\CC. The number of rotatable bonds is 59. The molecule has 0 aliphatic heterocycles. The van der Waals surface area contributed by atoms with E-state index in [-0.39, 0.29) is 31.1 Å². The molecule has 458 valence electrons. The monoisotopic (exact) mass is 1120 g/mol. The van der Waals surface area contributed by atoms with Crippen molar-refractivity contribution in [3.05, 3.63) is 146 Å². The topological polar surface area (TPSA) is 78.9 Å². The highest BCUT2D eigenvalue weighted by atomic mass is 16.6. The Bertz CT molecular complexity index is 1760. The van der Waals surface area contributed by atoms with Gasteiger partial charge in [-0.1, -0.05) is 276 Å². The first-order valence-electron chi connectivity index (χ1n) is 33.3. The van der Waals surface area contributed by atoms with Crippen LogP contribution in [0.25, 0.3) is 0 Å². The maximum Gasteiger partial charge on any atom is 0.306 e. The summed E-state index contributed by atoms with van der Waals surface area (Å²) in [6, 6.07) is 0. The van der Waals surface area contributed by atoms with Gasteiger partial charge in [-0.3, -0.25) is 14.4 Å². The molecule has 0 fully saturated rings. The molecule has 0 aliphatic rings. The molecule has 0 bridgehead atoms. The van der Waals surface area contributed by atoms with Crippen molar-refractivity contribution in [1.82, 2.24) is 0 Å². The van der Waals surface area contributed by atoms with Crippen LogP contribution >= 0.6 is 0 Å². The molecule has 0 amide bonds. The van der Waals surface area contributed by atoms with Gasteiger partial charge in [0.05, 0.1) is 0 Å². The molecule has 0 aromatic rings. The summed E-state index contributed by atoms with van der Waals surface area (Å²) >= 11 is 0. The van der Waals surface area contributed by atoms with Gasteiger partial charge in [0.15, 0.2) is 6.10 Å². The third-order valence-electron chi connectivity index (χ3n) is 13.8. The fraction of sp³-hybridized carbons (Fsp3) is 0.640. The predicted molar refractivity (Wildman–Crippen MR) is 352 cm³/mol. The zero-order valence-corrected chi connectivity index (χ0v) is 52.5. The molecule has 6 nitrogen and oxygen atoms in total. The van der Waals surface area contributed by atoms with Crippen LogP contribution in [0.3, 0.4) is 0 Å². The third-order valence-corrected chi connectivity index (χ3v) is 13.8. The Morgan fingerprint density at radius 1 is 0.259 bits per heavy atom. The molecule has 0 N–H and O–H groups in total. The molecule has 1 atom stereocenters. The molecule has 0 aromatic heterocycles. The van der Waals surface area contributed by atoms with Crippen LogP contribution in [0.2, 0.25) is 0 Å². The molecule has 0 aliphatic carbocycles. The van der Waals surface area contributed by atoms with Crippen LogP contribution in [0.4, 0.5) is 0 Å². The Morgan fingerprint density at radius 2 is 0.481 bits per heavy atom. The lowest BCUT2D eigenvalue weighted by atomic mass is 10.0. The van der Waals surface area contributed by atoms with E-state index in [4.69, 9.17) is 14.2 Å². The van der Waals surface area contributed by atoms with E-state index >= 15 is 0 Å². The lowest BCUT2D eigenvalue weighted by molar-refractivity contribution is -0.167. The van der Waals surface area contributed by atoms with E-state index < -0.39 is 6.10 Å². The van der Waals surface area contributed by atoms with Crippen molar-refractivity contribution in [2.45, 2.75) is 297 Å². The summed E-state index contributed by atoms with van der Waals surface area (Å²) in [5.41, 5.74) is 0. The maximum atomic E-state index is 13.0. The molecule has 81 heavy (non-hydrogen) atoms. The van der Waals surface area contributed by atoms with Crippen LogP contribution in [0.15, 0.2) is 146 Å². The largest absolute Gasteiger partial charge is 0.462 e. The van der Waals surface area contributed by atoms with E-state index in [0.717, 1.165) is 148 Å². The van der Waals surface area contributed by atoms with Crippen molar-refractivity contribution in [2.24, 2.45) is 0 Å². The fourth-order valence-electron chi connectivity index (χ4n) is 8.88. The minimum Gasteiger partial charge on any atom is -0.462 e. The molecule has 1 unspecified atom stereocenters. The number of carbonyl (C=O) groups is 3. The number of allylic oxidation sites excluding steroid dienone is 24. The Balaban J connectivity index is 4.47. The second-order valence-corrected chi connectivity index (χ2v) is 21.6. The highest BCUT2D eigenvalue weighted by Gasteiger charge is 2.19. The number of carbonyl (C=O) groups excluding carboxylic acids is 3. The lowest BCUT2D eigenvalue weighted by Gasteiger charge is -2.18. The molecular weight excluding hydrogens is 997 g/mol. The van der Waals surface area contributed by atoms with E-state index in [9.17, 15) is 14.4 Å². The van der Waals surface area contributed by atoms with Crippen molar-refractivity contribution in [3.63, 3.8) is 0 Å². The molecule has 0 saturated carbocycles. The van der Waals surface area contributed by atoms with E-state index in [2.05, 4.69) is 167 Å².